The Morgan fingerprint density at radius 1 is 0.639 bits per heavy atom. The molecule has 2 aliphatic rings. The smallest absolute Gasteiger partial charge is 0.219 e. The number of thioether (sulfide) groups is 4. The lowest BCUT2D eigenvalue weighted by Crippen LogP contribution is -2.20. The van der Waals surface area contributed by atoms with Crippen molar-refractivity contribution in [2.75, 3.05) is 32.8 Å². The van der Waals surface area contributed by atoms with Gasteiger partial charge in [0.05, 0.1) is 8.47 Å². The third-order valence-corrected chi connectivity index (χ3v) is 10.7. The summed E-state index contributed by atoms with van der Waals surface area (Å²) in [5, 5.41) is 1.17. The first-order chi connectivity index (χ1) is 17.6. The van der Waals surface area contributed by atoms with E-state index in [0.29, 0.717) is 32.8 Å². The normalized spacial score (nSPS) is 14.3. The molecule has 0 aliphatic carbocycles. The highest BCUT2D eigenvalue weighted by molar-refractivity contribution is 8.25. The van der Waals surface area contributed by atoms with Crippen LogP contribution in [0.15, 0.2) is 68.4 Å². The van der Waals surface area contributed by atoms with Crippen molar-refractivity contribution in [3.8, 4) is 23.7 Å². The van der Waals surface area contributed by atoms with Crippen LogP contribution in [0.4, 0.5) is 11.4 Å². The van der Waals surface area contributed by atoms with Crippen LogP contribution in [0.3, 0.4) is 0 Å². The zero-order valence-corrected chi connectivity index (χ0v) is 23.5. The highest BCUT2D eigenvalue weighted by atomic mass is 35.5. The molecule has 0 N–H and O–H groups in total. The first-order valence-electron chi connectivity index (χ1n) is 10.6. The second kappa shape index (κ2) is 13.5. The number of halogens is 2. The van der Waals surface area contributed by atoms with Crippen molar-refractivity contribution < 1.29 is 9.59 Å². The molecular weight excluding hydrogens is 571 g/mol. The SMILES string of the molecule is O=CN(C(C#CC#CC(=C1SCCS1)N(C=O)c1ccc(Cl)cc1)=C1SCCS1)c1ccc(Cl)cc1. The minimum atomic E-state index is 0.581. The maximum atomic E-state index is 12.1. The number of carbonyl (C=O) groups excluding carboxylic acids is 2. The first kappa shape index (κ1) is 27.0. The third kappa shape index (κ3) is 6.83. The topological polar surface area (TPSA) is 40.6 Å². The van der Waals surface area contributed by atoms with E-state index in [1.807, 2.05) is 0 Å². The van der Waals surface area contributed by atoms with Crippen molar-refractivity contribution in [1.82, 2.24) is 0 Å². The number of allylic oxidation sites excluding steroid dienone is 2. The average molecular weight is 590 g/mol. The van der Waals surface area contributed by atoms with Crippen LogP contribution in [0.25, 0.3) is 0 Å². The van der Waals surface area contributed by atoms with Gasteiger partial charge in [0.1, 0.15) is 11.4 Å². The summed E-state index contributed by atoms with van der Waals surface area (Å²) in [4.78, 5) is 27.2. The molecule has 36 heavy (non-hydrogen) atoms. The van der Waals surface area contributed by atoms with Gasteiger partial charge in [0.15, 0.2) is 0 Å². The predicted octanol–water partition coefficient (Wildman–Crippen LogP) is 6.92. The van der Waals surface area contributed by atoms with Crippen LogP contribution in [0.5, 0.6) is 0 Å². The number of benzene rings is 2. The molecule has 0 atom stereocenters. The van der Waals surface area contributed by atoms with E-state index in [9.17, 15) is 9.59 Å². The van der Waals surface area contributed by atoms with Gasteiger partial charge in [-0.15, -0.1) is 47.0 Å². The standard InChI is InChI=1S/C26H18Cl2N2O2S4/c27-19-5-9-21(10-6-19)29(17-31)23(25-33-13-14-34-25)3-1-2-4-24(26-35-15-16-36-26)30(18-32)22-11-7-20(28)8-12-22/h5-12,17-18H,13-16H2. The number of anilines is 2. The monoisotopic (exact) mass is 588 g/mol. The van der Waals surface area contributed by atoms with Crippen LogP contribution in [0.1, 0.15) is 0 Å². The predicted molar refractivity (Wildman–Crippen MR) is 159 cm³/mol. The molecule has 2 aliphatic heterocycles. The summed E-state index contributed by atoms with van der Waals surface area (Å²) in [6.45, 7) is 0. The molecule has 10 heteroatoms. The van der Waals surface area contributed by atoms with Crippen LogP contribution >= 0.6 is 70.2 Å². The zero-order valence-electron chi connectivity index (χ0n) is 18.7. The molecule has 2 fully saturated rings. The van der Waals surface area contributed by atoms with Gasteiger partial charge in [0, 0.05) is 44.4 Å². The van der Waals surface area contributed by atoms with Crippen molar-refractivity contribution in [3.05, 3.63) is 78.4 Å². The summed E-state index contributed by atoms with van der Waals surface area (Å²) in [5.74, 6) is 15.8. The van der Waals surface area contributed by atoms with E-state index in [0.717, 1.165) is 44.3 Å². The Balaban J connectivity index is 1.70. The van der Waals surface area contributed by atoms with E-state index >= 15 is 0 Å². The lowest BCUT2D eigenvalue weighted by molar-refractivity contribution is -0.107. The molecule has 0 saturated carbocycles. The number of hydrogen-bond donors (Lipinski definition) is 0. The maximum Gasteiger partial charge on any atom is 0.219 e. The van der Waals surface area contributed by atoms with Crippen molar-refractivity contribution >= 4 is 94.4 Å². The summed E-state index contributed by atoms with van der Waals surface area (Å²) >= 11 is 18.7. The lowest BCUT2D eigenvalue weighted by Gasteiger charge is -2.19. The lowest BCUT2D eigenvalue weighted by atomic mass is 10.2. The summed E-state index contributed by atoms with van der Waals surface area (Å²) < 4.78 is 1.95. The Morgan fingerprint density at radius 3 is 1.28 bits per heavy atom. The number of nitrogens with zero attached hydrogens (tertiary/aromatic N) is 2. The Kier molecular flexibility index (Phi) is 10.1. The molecule has 2 amide bonds. The summed E-state index contributed by atoms with van der Waals surface area (Å²) in [5.41, 5.74) is 2.50. The maximum absolute atomic E-state index is 12.1. The zero-order chi connectivity index (χ0) is 25.3. The van der Waals surface area contributed by atoms with Crippen molar-refractivity contribution in [1.29, 1.82) is 0 Å². The molecule has 0 bridgehead atoms. The van der Waals surface area contributed by atoms with Crippen LogP contribution in [0.2, 0.25) is 10.0 Å². The fourth-order valence-corrected chi connectivity index (χ4v) is 8.32. The average Bonchev–Trinajstić information content (AvgIpc) is 3.62. The Labute approximate surface area is 237 Å². The van der Waals surface area contributed by atoms with Gasteiger partial charge in [-0.2, -0.15) is 0 Å². The molecule has 2 heterocycles. The van der Waals surface area contributed by atoms with Gasteiger partial charge in [0.25, 0.3) is 0 Å². The van der Waals surface area contributed by atoms with Gasteiger partial charge in [0.2, 0.25) is 12.8 Å². The molecule has 4 rings (SSSR count). The highest BCUT2D eigenvalue weighted by Gasteiger charge is 2.21. The highest BCUT2D eigenvalue weighted by Crippen LogP contribution is 2.41. The van der Waals surface area contributed by atoms with Crippen LogP contribution < -0.4 is 9.80 Å². The molecule has 2 aromatic rings. The van der Waals surface area contributed by atoms with Crippen molar-refractivity contribution in [2.24, 2.45) is 0 Å². The molecule has 2 saturated heterocycles. The van der Waals surface area contributed by atoms with Gasteiger partial charge in [-0.25, -0.2) is 0 Å². The fourth-order valence-electron chi connectivity index (χ4n) is 3.18. The molecule has 182 valence electrons. The second-order valence-electron chi connectivity index (χ2n) is 7.07. The largest absolute Gasteiger partial charge is 0.278 e. The van der Waals surface area contributed by atoms with E-state index < -0.39 is 0 Å². The molecule has 0 radical (unpaired) electrons. The molecular formula is C26H18Cl2N2O2S4. The Morgan fingerprint density at radius 2 is 0.972 bits per heavy atom. The molecule has 0 unspecified atom stereocenters. The summed E-state index contributed by atoms with van der Waals surface area (Å²) in [7, 11) is 0. The van der Waals surface area contributed by atoms with Crippen LogP contribution in [-0.4, -0.2) is 35.8 Å². The summed E-state index contributed by atoms with van der Waals surface area (Å²) in [6.07, 6.45) is 1.50. The van der Waals surface area contributed by atoms with E-state index in [1.165, 1.54) is 9.80 Å². The molecule has 0 aromatic heterocycles. The van der Waals surface area contributed by atoms with Gasteiger partial charge >= 0.3 is 0 Å². The van der Waals surface area contributed by atoms with Crippen molar-refractivity contribution in [2.45, 2.75) is 0 Å². The molecule has 0 spiro atoms. The number of carbonyl (C=O) groups is 2. The van der Waals surface area contributed by atoms with Gasteiger partial charge in [-0.1, -0.05) is 23.2 Å². The van der Waals surface area contributed by atoms with E-state index in [-0.39, 0.29) is 0 Å². The summed E-state index contributed by atoms with van der Waals surface area (Å²) in [6, 6.07) is 14.0. The Hall–Kier alpha value is -2.04. The number of amides is 2. The second-order valence-corrected chi connectivity index (χ2v) is 12.9. The van der Waals surface area contributed by atoms with Crippen molar-refractivity contribution in [3.63, 3.8) is 0 Å². The Bertz CT molecular complexity index is 1200. The quantitative estimate of drug-likeness (QED) is 0.269. The minimum Gasteiger partial charge on any atom is -0.278 e. The number of rotatable bonds is 6. The van der Waals surface area contributed by atoms with Gasteiger partial charge < -0.3 is 0 Å². The van der Waals surface area contributed by atoms with Gasteiger partial charge in [-0.05, 0) is 72.2 Å². The van der Waals surface area contributed by atoms with Gasteiger partial charge in [-0.3, -0.25) is 19.4 Å². The van der Waals surface area contributed by atoms with E-state index in [1.54, 1.807) is 95.6 Å². The molecule has 2 aromatic carbocycles. The minimum absolute atomic E-state index is 0.581. The van der Waals surface area contributed by atoms with E-state index in [4.69, 9.17) is 23.2 Å². The van der Waals surface area contributed by atoms with Crippen LogP contribution in [-0.2, 0) is 9.59 Å². The molecule has 4 nitrogen and oxygen atoms in total. The van der Waals surface area contributed by atoms with E-state index in [2.05, 4.69) is 23.7 Å². The fraction of sp³-hybridized carbons (Fsp3) is 0.154. The number of hydrogen-bond acceptors (Lipinski definition) is 6. The van der Waals surface area contributed by atoms with Crippen LogP contribution in [0, 0.1) is 23.7 Å². The third-order valence-electron chi connectivity index (χ3n) is 4.81. The first-order valence-corrected chi connectivity index (χ1v) is 15.3.